The van der Waals surface area contributed by atoms with Crippen molar-refractivity contribution in [3.63, 3.8) is 0 Å². The summed E-state index contributed by atoms with van der Waals surface area (Å²) in [5, 5.41) is 15.6. The lowest BCUT2D eigenvalue weighted by atomic mass is 9.88. The van der Waals surface area contributed by atoms with Crippen LogP contribution in [0, 0.1) is 0 Å². The molecule has 0 saturated carbocycles. The molecule has 0 fully saturated rings. The minimum absolute atomic E-state index is 0.270. The number of fused-ring (bicyclic) bond motifs is 1. The van der Waals surface area contributed by atoms with Crippen molar-refractivity contribution in [3.05, 3.63) is 89.0 Å². The summed E-state index contributed by atoms with van der Waals surface area (Å²) in [6.07, 6.45) is -2.76. The summed E-state index contributed by atoms with van der Waals surface area (Å²) < 4.78 is 38.8. The molecule has 0 radical (unpaired) electrons. The maximum Gasteiger partial charge on any atom is 0.416 e. The minimum atomic E-state index is -4.39. The summed E-state index contributed by atoms with van der Waals surface area (Å²) in [5.41, 5.74) is 4.07. The van der Waals surface area contributed by atoms with Crippen LogP contribution in [0.5, 0.6) is 0 Å². The summed E-state index contributed by atoms with van der Waals surface area (Å²) in [5.74, 6) is 0. The van der Waals surface area contributed by atoms with Crippen molar-refractivity contribution in [2.75, 3.05) is 5.32 Å². The third-order valence-corrected chi connectivity index (χ3v) is 5.64. The molecule has 3 aromatic carbocycles. The Balaban J connectivity index is 1.38. The van der Waals surface area contributed by atoms with Gasteiger partial charge in [0.1, 0.15) is 0 Å². The van der Waals surface area contributed by atoms with Gasteiger partial charge in [-0.2, -0.15) is 13.2 Å². The topological polar surface area (TPSA) is 61.4 Å². The summed E-state index contributed by atoms with van der Waals surface area (Å²) in [6, 6.07) is 17.6. The van der Waals surface area contributed by atoms with E-state index in [9.17, 15) is 23.1 Å². The fourth-order valence-corrected chi connectivity index (χ4v) is 3.93. The number of hydrogen-bond acceptors (Lipinski definition) is 2. The van der Waals surface area contributed by atoms with Gasteiger partial charge in [-0.1, -0.05) is 48.5 Å². The van der Waals surface area contributed by atoms with Crippen LogP contribution in [0.25, 0.3) is 11.1 Å². The third kappa shape index (κ3) is 5.11. The molecule has 0 saturated heterocycles. The lowest BCUT2D eigenvalue weighted by Gasteiger charge is -2.23. The number of anilines is 1. The molecule has 166 valence electrons. The van der Waals surface area contributed by atoms with E-state index in [2.05, 4.69) is 10.6 Å². The second-order valence-electron chi connectivity index (χ2n) is 7.92. The lowest BCUT2D eigenvalue weighted by Crippen LogP contribution is -2.29. The first kappa shape index (κ1) is 21.9. The number of hydrogen-bond donors (Lipinski definition) is 3. The zero-order valence-electron chi connectivity index (χ0n) is 17.2. The molecular formula is C25H23F3N2O2. The smallest absolute Gasteiger partial charge is 0.393 e. The average Bonchev–Trinajstić information content (AvgIpc) is 2.78. The van der Waals surface area contributed by atoms with Crippen LogP contribution in [0.2, 0.25) is 0 Å². The summed E-state index contributed by atoms with van der Waals surface area (Å²) in [4.78, 5) is 12.4. The molecule has 0 spiro atoms. The first-order valence-electron chi connectivity index (χ1n) is 10.4. The van der Waals surface area contributed by atoms with E-state index >= 15 is 0 Å². The highest BCUT2D eigenvalue weighted by atomic mass is 19.4. The number of carbonyl (C=O) groups excluding carboxylic acids is 1. The highest BCUT2D eigenvalue weighted by Crippen LogP contribution is 2.32. The zero-order valence-corrected chi connectivity index (χ0v) is 17.2. The number of urea groups is 1. The van der Waals surface area contributed by atoms with Gasteiger partial charge in [-0.25, -0.2) is 4.79 Å². The van der Waals surface area contributed by atoms with Crippen molar-refractivity contribution in [2.45, 2.75) is 38.1 Å². The number of amides is 2. The van der Waals surface area contributed by atoms with Crippen molar-refractivity contribution in [1.29, 1.82) is 0 Å². The van der Waals surface area contributed by atoms with Crippen LogP contribution in [0.1, 0.15) is 28.7 Å². The largest absolute Gasteiger partial charge is 0.416 e. The molecule has 4 nitrogen and oxygen atoms in total. The van der Waals surface area contributed by atoms with Gasteiger partial charge < -0.3 is 15.7 Å². The fraction of sp³-hybridized carbons (Fsp3) is 0.240. The normalized spacial score (nSPS) is 15.7. The zero-order chi connectivity index (χ0) is 22.7. The molecule has 0 heterocycles. The molecule has 1 unspecified atom stereocenters. The van der Waals surface area contributed by atoms with Crippen molar-refractivity contribution in [3.8, 4) is 11.1 Å². The van der Waals surface area contributed by atoms with Crippen LogP contribution in [0.3, 0.4) is 0 Å². The third-order valence-electron chi connectivity index (χ3n) is 5.64. The molecule has 0 bridgehead atoms. The maximum atomic E-state index is 12.9. The standard InChI is InChI=1S/C25H23F3N2O2/c26-25(27,28)20-5-1-4-19(13-20)17-9-7-16(8-10-17)15-29-24(32)30-23-6-2-3-18-11-12-21(31)14-22(18)23/h1-10,13,21,31H,11-12,14-15H2,(H2,29,30,32). The van der Waals surface area contributed by atoms with E-state index in [1.807, 2.05) is 18.2 Å². The van der Waals surface area contributed by atoms with Gasteiger partial charge in [-0.3, -0.25) is 0 Å². The van der Waals surface area contributed by atoms with Crippen molar-refractivity contribution in [1.82, 2.24) is 5.32 Å². The molecule has 3 N–H and O–H groups in total. The predicted octanol–water partition coefficient (Wildman–Crippen LogP) is 5.54. The molecule has 1 aliphatic carbocycles. The number of carbonyl (C=O) groups is 1. The van der Waals surface area contributed by atoms with E-state index in [1.54, 1.807) is 30.3 Å². The second-order valence-corrected chi connectivity index (χ2v) is 7.92. The Labute approximate surface area is 184 Å². The summed E-state index contributed by atoms with van der Waals surface area (Å²) >= 11 is 0. The molecule has 4 rings (SSSR count). The van der Waals surface area contributed by atoms with E-state index in [0.29, 0.717) is 23.2 Å². The van der Waals surface area contributed by atoms with E-state index < -0.39 is 17.8 Å². The highest BCUT2D eigenvalue weighted by Gasteiger charge is 2.30. The van der Waals surface area contributed by atoms with Crippen LogP contribution in [-0.4, -0.2) is 17.2 Å². The van der Waals surface area contributed by atoms with Gasteiger partial charge in [0.05, 0.1) is 11.7 Å². The molecule has 0 aliphatic heterocycles. The summed E-state index contributed by atoms with van der Waals surface area (Å²) in [6.45, 7) is 0.270. The van der Waals surface area contributed by atoms with Gasteiger partial charge in [-0.05, 0) is 58.9 Å². The first-order chi connectivity index (χ1) is 15.3. The van der Waals surface area contributed by atoms with Gasteiger partial charge in [0, 0.05) is 18.7 Å². The lowest BCUT2D eigenvalue weighted by molar-refractivity contribution is -0.137. The average molecular weight is 440 g/mol. The Morgan fingerprint density at radius 3 is 2.50 bits per heavy atom. The van der Waals surface area contributed by atoms with Gasteiger partial charge in [0.25, 0.3) is 0 Å². The Morgan fingerprint density at radius 1 is 1.00 bits per heavy atom. The molecule has 1 atom stereocenters. The molecule has 0 aromatic heterocycles. The minimum Gasteiger partial charge on any atom is -0.393 e. The van der Waals surface area contributed by atoms with Crippen LogP contribution >= 0.6 is 0 Å². The molecule has 2 amide bonds. The van der Waals surface area contributed by atoms with E-state index in [4.69, 9.17) is 0 Å². The van der Waals surface area contributed by atoms with Gasteiger partial charge in [0.15, 0.2) is 0 Å². The quantitative estimate of drug-likeness (QED) is 0.499. The Morgan fingerprint density at radius 2 is 1.75 bits per heavy atom. The monoisotopic (exact) mass is 440 g/mol. The molecule has 7 heteroatoms. The van der Waals surface area contributed by atoms with Gasteiger partial charge >= 0.3 is 12.2 Å². The number of benzene rings is 3. The highest BCUT2D eigenvalue weighted by molar-refractivity contribution is 5.90. The van der Waals surface area contributed by atoms with Crippen molar-refractivity contribution < 1.29 is 23.1 Å². The Bertz CT molecular complexity index is 1110. The van der Waals surface area contributed by atoms with E-state index in [-0.39, 0.29) is 12.6 Å². The van der Waals surface area contributed by atoms with Crippen LogP contribution in [0.4, 0.5) is 23.7 Å². The molecule has 32 heavy (non-hydrogen) atoms. The van der Waals surface area contributed by atoms with E-state index in [1.165, 1.54) is 6.07 Å². The van der Waals surface area contributed by atoms with Crippen molar-refractivity contribution in [2.24, 2.45) is 0 Å². The Kier molecular flexibility index (Phi) is 6.19. The van der Waals surface area contributed by atoms with E-state index in [0.717, 1.165) is 41.7 Å². The molecule has 3 aromatic rings. The number of nitrogens with one attached hydrogen (secondary N) is 2. The van der Waals surface area contributed by atoms with Crippen LogP contribution < -0.4 is 10.6 Å². The maximum absolute atomic E-state index is 12.9. The van der Waals surface area contributed by atoms with Gasteiger partial charge in [0.2, 0.25) is 0 Å². The van der Waals surface area contributed by atoms with Gasteiger partial charge in [-0.15, -0.1) is 0 Å². The number of aryl methyl sites for hydroxylation is 1. The number of halogens is 3. The first-order valence-corrected chi connectivity index (χ1v) is 10.4. The molecular weight excluding hydrogens is 417 g/mol. The second kappa shape index (κ2) is 9.04. The van der Waals surface area contributed by atoms with Crippen molar-refractivity contribution >= 4 is 11.7 Å². The molecule has 1 aliphatic rings. The summed E-state index contributed by atoms with van der Waals surface area (Å²) in [7, 11) is 0. The number of aliphatic hydroxyl groups is 1. The SMILES string of the molecule is O=C(NCc1ccc(-c2cccc(C(F)(F)F)c2)cc1)Nc1cccc2c1CC(O)CC2. The predicted molar refractivity (Wildman–Crippen MR) is 117 cm³/mol. The number of rotatable bonds is 4. The van der Waals surface area contributed by atoms with Crippen LogP contribution in [-0.2, 0) is 25.6 Å². The fourth-order valence-electron chi connectivity index (χ4n) is 3.93. The van der Waals surface area contributed by atoms with Crippen LogP contribution in [0.15, 0.2) is 66.7 Å². The Hall–Kier alpha value is -3.32. The number of aliphatic hydroxyl groups excluding tert-OH is 1. The number of alkyl halides is 3.